The second kappa shape index (κ2) is 4.64. The summed E-state index contributed by atoms with van der Waals surface area (Å²) < 4.78 is 9.94. The van der Waals surface area contributed by atoms with Crippen molar-refractivity contribution in [1.29, 1.82) is 0 Å². The predicted octanol–water partition coefficient (Wildman–Crippen LogP) is 1.31. The number of nitrogens with one attached hydrogen (secondary N) is 1. The molecule has 0 spiro atoms. The fourth-order valence-corrected chi connectivity index (χ4v) is 0.969. The van der Waals surface area contributed by atoms with Crippen LogP contribution in [0.2, 0.25) is 0 Å². The highest BCUT2D eigenvalue weighted by molar-refractivity contribution is 5.40. The Morgan fingerprint density at radius 2 is 1.93 bits per heavy atom. The minimum Gasteiger partial charge on any atom is -0.481 e. The Kier molecular flexibility index (Phi) is 3.50. The smallest absolute Gasteiger partial charge is 0.321 e. The summed E-state index contributed by atoms with van der Waals surface area (Å²) in [6, 6.07) is 2.33. The van der Waals surface area contributed by atoms with E-state index >= 15 is 0 Å². The van der Waals surface area contributed by atoms with Crippen LogP contribution in [0.15, 0.2) is 6.07 Å². The number of hydrogen-bond acceptors (Lipinski definition) is 5. The van der Waals surface area contributed by atoms with E-state index in [0.717, 1.165) is 0 Å². The average molecular weight is 197 g/mol. The van der Waals surface area contributed by atoms with E-state index < -0.39 is 0 Å². The Bertz CT molecular complexity index is 280. The summed E-state index contributed by atoms with van der Waals surface area (Å²) in [5.74, 6) is 1.18. The molecule has 0 radical (unpaired) electrons. The molecule has 0 aliphatic carbocycles. The number of hydrogen-bond donors (Lipinski definition) is 1. The van der Waals surface area contributed by atoms with Gasteiger partial charge in [-0.05, 0) is 13.8 Å². The normalized spacial score (nSPS) is 10.1. The maximum absolute atomic E-state index is 5.01. The van der Waals surface area contributed by atoms with Crippen LogP contribution in [-0.2, 0) is 0 Å². The monoisotopic (exact) mass is 197 g/mol. The van der Waals surface area contributed by atoms with Gasteiger partial charge in [0.1, 0.15) is 5.82 Å². The van der Waals surface area contributed by atoms with Crippen molar-refractivity contribution in [3.63, 3.8) is 0 Å². The van der Waals surface area contributed by atoms with Gasteiger partial charge in [-0.2, -0.15) is 9.97 Å². The molecular formula is C9H15N3O2. The molecule has 1 heterocycles. The van der Waals surface area contributed by atoms with Crippen molar-refractivity contribution >= 4 is 5.82 Å². The van der Waals surface area contributed by atoms with Gasteiger partial charge in [-0.3, -0.25) is 0 Å². The highest BCUT2D eigenvalue weighted by atomic mass is 16.5. The zero-order valence-corrected chi connectivity index (χ0v) is 8.87. The number of ether oxygens (including phenoxy) is 2. The van der Waals surface area contributed by atoms with Crippen LogP contribution in [0, 0.1) is 0 Å². The first kappa shape index (κ1) is 10.6. The van der Waals surface area contributed by atoms with Crippen LogP contribution in [0.3, 0.4) is 0 Å². The molecule has 1 N–H and O–H groups in total. The molecule has 0 aliphatic heterocycles. The molecule has 0 aliphatic rings. The van der Waals surface area contributed by atoms with Crippen LogP contribution in [0.4, 0.5) is 5.82 Å². The van der Waals surface area contributed by atoms with E-state index in [1.54, 1.807) is 13.2 Å². The summed E-state index contributed by atoms with van der Waals surface area (Å²) in [6.07, 6.45) is 0. The molecule has 0 amide bonds. The van der Waals surface area contributed by atoms with Crippen LogP contribution in [0.1, 0.15) is 13.8 Å². The minimum absolute atomic E-state index is 0.299. The first-order chi connectivity index (χ1) is 6.65. The summed E-state index contributed by atoms with van der Waals surface area (Å²) in [5.41, 5.74) is 0. The molecule has 5 heteroatoms. The molecule has 0 saturated carbocycles. The van der Waals surface area contributed by atoms with E-state index in [1.165, 1.54) is 7.11 Å². The van der Waals surface area contributed by atoms with Gasteiger partial charge in [0, 0.05) is 12.1 Å². The van der Waals surface area contributed by atoms with Crippen molar-refractivity contribution in [1.82, 2.24) is 9.97 Å². The minimum atomic E-state index is 0.299. The van der Waals surface area contributed by atoms with Gasteiger partial charge >= 0.3 is 6.01 Å². The van der Waals surface area contributed by atoms with Crippen LogP contribution in [0.25, 0.3) is 0 Å². The van der Waals surface area contributed by atoms with Gasteiger partial charge in [-0.25, -0.2) is 0 Å². The van der Waals surface area contributed by atoms with Crippen LogP contribution in [0.5, 0.6) is 11.9 Å². The van der Waals surface area contributed by atoms with Crippen LogP contribution in [-0.4, -0.2) is 30.2 Å². The van der Waals surface area contributed by atoms with E-state index in [4.69, 9.17) is 9.47 Å². The van der Waals surface area contributed by atoms with Crippen molar-refractivity contribution in [2.24, 2.45) is 0 Å². The van der Waals surface area contributed by atoms with E-state index in [-0.39, 0.29) is 0 Å². The SMILES string of the molecule is COc1cc(NC(C)C)nc(OC)n1. The van der Waals surface area contributed by atoms with Crippen molar-refractivity contribution in [2.45, 2.75) is 19.9 Å². The van der Waals surface area contributed by atoms with Gasteiger partial charge in [-0.15, -0.1) is 0 Å². The highest BCUT2D eigenvalue weighted by Gasteiger charge is 2.05. The van der Waals surface area contributed by atoms with Crippen LogP contribution >= 0.6 is 0 Å². The molecule has 0 atom stereocenters. The van der Waals surface area contributed by atoms with E-state index in [0.29, 0.717) is 23.8 Å². The Hall–Kier alpha value is -1.52. The molecule has 1 rings (SSSR count). The Morgan fingerprint density at radius 1 is 1.21 bits per heavy atom. The molecule has 14 heavy (non-hydrogen) atoms. The number of aromatic nitrogens is 2. The molecule has 1 aromatic rings. The van der Waals surface area contributed by atoms with Crippen molar-refractivity contribution in [3.8, 4) is 11.9 Å². The lowest BCUT2D eigenvalue weighted by atomic mass is 10.4. The Labute approximate surface area is 83.5 Å². The van der Waals surface area contributed by atoms with Crippen molar-refractivity contribution in [2.75, 3.05) is 19.5 Å². The van der Waals surface area contributed by atoms with Gasteiger partial charge in [0.2, 0.25) is 5.88 Å². The third-order valence-corrected chi connectivity index (χ3v) is 1.51. The molecule has 5 nitrogen and oxygen atoms in total. The number of nitrogens with zero attached hydrogens (tertiary/aromatic N) is 2. The molecule has 0 bridgehead atoms. The molecule has 0 aromatic carbocycles. The van der Waals surface area contributed by atoms with Gasteiger partial charge in [-0.1, -0.05) is 0 Å². The largest absolute Gasteiger partial charge is 0.481 e. The Morgan fingerprint density at radius 3 is 2.43 bits per heavy atom. The zero-order chi connectivity index (χ0) is 10.6. The van der Waals surface area contributed by atoms with Gasteiger partial charge in [0.15, 0.2) is 0 Å². The summed E-state index contributed by atoms with van der Waals surface area (Å²) >= 11 is 0. The summed E-state index contributed by atoms with van der Waals surface area (Å²) in [5, 5.41) is 3.14. The molecular weight excluding hydrogens is 182 g/mol. The van der Waals surface area contributed by atoms with E-state index in [2.05, 4.69) is 15.3 Å². The maximum Gasteiger partial charge on any atom is 0.321 e. The quantitative estimate of drug-likeness (QED) is 0.788. The number of anilines is 1. The van der Waals surface area contributed by atoms with E-state index in [1.807, 2.05) is 13.8 Å². The second-order valence-electron chi connectivity index (χ2n) is 3.08. The molecule has 0 saturated heterocycles. The average Bonchev–Trinajstić information content (AvgIpc) is 2.16. The first-order valence-corrected chi connectivity index (χ1v) is 4.39. The lowest BCUT2D eigenvalue weighted by Gasteiger charge is -2.10. The topological polar surface area (TPSA) is 56.3 Å². The van der Waals surface area contributed by atoms with Gasteiger partial charge in [0.05, 0.1) is 14.2 Å². The highest BCUT2D eigenvalue weighted by Crippen LogP contribution is 2.17. The molecule has 78 valence electrons. The first-order valence-electron chi connectivity index (χ1n) is 4.39. The zero-order valence-electron chi connectivity index (χ0n) is 8.87. The molecule has 0 unspecified atom stereocenters. The standard InChI is InChI=1S/C9H15N3O2/c1-6(2)10-7-5-8(13-3)12-9(11-7)14-4/h5-6H,1-4H3,(H,10,11,12). The third kappa shape index (κ3) is 2.76. The molecule has 1 aromatic heterocycles. The lowest BCUT2D eigenvalue weighted by Crippen LogP contribution is -2.11. The number of rotatable bonds is 4. The predicted molar refractivity (Wildman–Crippen MR) is 53.9 cm³/mol. The Balaban J connectivity index is 2.92. The fourth-order valence-electron chi connectivity index (χ4n) is 0.969. The summed E-state index contributed by atoms with van der Waals surface area (Å²) in [4.78, 5) is 8.10. The van der Waals surface area contributed by atoms with Gasteiger partial charge in [0.25, 0.3) is 0 Å². The third-order valence-electron chi connectivity index (χ3n) is 1.51. The second-order valence-corrected chi connectivity index (χ2v) is 3.08. The van der Waals surface area contributed by atoms with Crippen molar-refractivity contribution < 1.29 is 9.47 Å². The van der Waals surface area contributed by atoms with Gasteiger partial charge < -0.3 is 14.8 Å². The summed E-state index contributed by atoms with van der Waals surface area (Å²) in [6.45, 7) is 4.06. The molecule has 0 fully saturated rings. The number of methoxy groups -OCH3 is 2. The lowest BCUT2D eigenvalue weighted by molar-refractivity contribution is 0.352. The fraction of sp³-hybridized carbons (Fsp3) is 0.556. The maximum atomic E-state index is 5.01. The van der Waals surface area contributed by atoms with E-state index in [9.17, 15) is 0 Å². The summed E-state index contributed by atoms with van der Waals surface area (Å²) in [7, 11) is 3.08. The van der Waals surface area contributed by atoms with Crippen molar-refractivity contribution in [3.05, 3.63) is 6.07 Å². The van der Waals surface area contributed by atoms with Crippen LogP contribution < -0.4 is 14.8 Å².